The minimum atomic E-state index is -4.40. The van der Waals surface area contributed by atoms with Gasteiger partial charge in [0, 0.05) is 29.8 Å². The summed E-state index contributed by atoms with van der Waals surface area (Å²) in [5.74, 6) is 0. The summed E-state index contributed by atoms with van der Waals surface area (Å²) in [5.41, 5.74) is 1.43. The highest BCUT2D eigenvalue weighted by molar-refractivity contribution is 7.80. The van der Waals surface area contributed by atoms with Crippen LogP contribution in [0.15, 0.2) is 67.0 Å². The number of nitrogens with zero attached hydrogens (tertiary/aromatic N) is 3. The quantitative estimate of drug-likeness (QED) is 0.572. The smallest absolute Gasteiger partial charge is 0.352 e. The first-order chi connectivity index (χ1) is 14.3. The van der Waals surface area contributed by atoms with E-state index in [0.29, 0.717) is 10.8 Å². The zero-order valence-corrected chi connectivity index (χ0v) is 17.3. The molecule has 3 heterocycles. The lowest BCUT2D eigenvalue weighted by Crippen LogP contribution is -2.36. The van der Waals surface area contributed by atoms with Crippen LogP contribution in [-0.2, 0) is 6.18 Å². The molecule has 4 rings (SSSR count). The summed E-state index contributed by atoms with van der Waals surface area (Å²) in [5, 5.41) is 3.96. The zero-order valence-electron chi connectivity index (χ0n) is 16.5. The van der Waals surface area contributed by atoms with Crippen LogP contribution in [0.5, 0.6) is 0 Å². The first-order valence-corrected chi connectivity index (χ1v) is 10.0. The number of aromatic nitrogens is 2. The van der Waals surface area contributed by atoms with Gasteiger partial charge in [0.05, 0.1) is 23.3 Å². The molecule has 1 aromatic carbocycles. The summed E-state index contributed by atoms with van der Waals surface area (Å²) in [7, 11) is 0. The van der Waals surface area contributed by atoms with E-state index in [1.807, 2.05) is 44.2 Å². The Bertz CT molecular complexity index is 1050. The van der Waals surface area contributed by atoms with Crippen molar-refractivity contribution in [1.82, 2.24) is 19.8 Å². The largest absolute Gasteiger partial charge is 0.416 e. The minimum Gasteiger partial charge on any atom is -0.352 e. The van der Waals surface area contributed by atoms with E-state index >= 15 is 0 Å². The van der Waals surface area contributed by atoms with Crippen LogP contribution < -0.4 is 5.32 Å². The highest BCUT2D eigenvalue weighted by Gasteiger charge is 2.42. The molecule has 4 nitrogen and oxygen atoms in total. The number of benzene rings is 1. The first kappa shape index (κ1) is 20.4. The fraction of sp³-hybridized carbons (Fsp3) is 0.273. The van der Waals surface area contributed by atoms with E-state index in [-0.39, 0.29) is 18.1 Å². The number of rotatable bonds is 4. The van der Waals surface area contributed by atoms with Gasteiger partial charge in [-0.05, 0) is 68.5 Å². The normalized spacial score (nSPS) is 19.4. The average molecular weight is 430 g/mol. The monoisotopic (exact) mass is 430 g/mol. The number of alkyl halides is 3. The van der Waals surface area contributed by atoms with Gasteiger partial charge in [-0.15, -0.1) is 0 Å². The molecule has 2 aromatic heterocycles. The Kier molecular flexibility index (Phi) is 5.27. The molecule has 8 heteroatoms. The maximum atomic E-state index is 13.3. The number of thiocarbonyl (C=S) groups is 1. The van der Waals surface area contributed by atoms with Crippen LogP contribution in [0, 0.1) is 0 Å². The molecular formula is C22H21F3N4S. The molecule has 1 aliphatic rings. The van der Waals surface area contributed by atoms with Gasteiger partial charge in [-0.1, -0.05) is 12.1 Å². The standard InChI is InChI=1S/C22H21F3N4S/c1-14(2)29-20(19(27-21(29)30)17-9-3-4-11-26-17)18-10-6-12-28(18)16-8-5-7-15(13-16)22(23,24)25/h3-14,19-20H,1-2H3,(H,27,30). The van der Waals surface area contributed by atoms with Crippen molar-refractivity contribution >= 4 is 17.3 Å². The summed E-state index contributed by atoms with van der Waals surface area (Å²) in [6.07, 6.45) is -0.901. The van der Waals surface area contributed by atoms with Gasteiger partial charge < -0.3 is 14.8 Å². The lowest BCUT2D eigenvalue weighted by Gasteiger charge is -2.31. The molecule has 0 bridgehead atoms. The number of halogens is 3. The topological polar surface area (TPSA) is 33.1 Å². The molecule has 2 atom stereocenters. The van der Waals surface area contributed by atoms with Crippen molar-refractivity contribution in [3.63, 3.8) is 0 Å². The summed E-state index contributed by atoms with van der Waals surface area (Å²) < 4.78 is 41.6. The van der Waals surface area contributed by atoms with Crippen LogP contribution in [0.4, 0.5) is 13.2 Å². The molecule has 0 amide bonds. The van der Waals surface area contributed by atoms with Crippen LogP contribution in [0.25, 0.3) is 5.69 Å². The molecule has 3 aromatic rings. The number of hydrogen-bond acceptors (Lipinski definition) is 2. The lowest BCUT2D eigenvalue weighted by molar-refractivity contribution is -0.137. The lowest BCUT2D eigenvalue weighted by atomic mass is 10.00. The third-order valence-electron chi connectivity index (χ3n) is 5.23. The van der Waals surface area contributed by atoms with Crippen molar-refractivity contribution in [1.29, 1.82) is 0 Å². The molecule has 0 saturated carbocycles. The SMILES string of the molecule is CC(C)N1C(=S)NC(c2ccccn2)C1c1cccn1-c1cccc(C(F)(F)F)c1. The molecule has 1 N–H and O–H groups in total. The number of hydrogen-bond donors (Lipinski definition) is 1. The van der Waals surface area contributed by atoms with Crippen molar-refractivity contribution in [2.75, 3.05) is 0 Å². The summed E-state index contributed by atoms with van der Waals surface area (Å²) >= 11 is 5.60. The van der Waals surface area contributed by atoms with E-state index in [4.69, 9.17) is 12.2 Å². The van der Waals surface area contributed by atoms with Crippen LogP contribution in [0.3, 0.4) is 0 Å². The van der Waals surface area contributed by atoms with Crippen molar-refractivity contribution in [3.8, 4) is 5.69 Å². The first-order valence-electron chi connectivity index (χ1n) is 9.62. The predicted molar refractivity (Wildman–Crippen MR) is 113 cm³/mol. The van der Waals surface area contributed by atoms with Gasteiger partial charge in [0.2, 0.25) is 0 Å². The molecule has 1 saturated heterocycles. The van der Waals surface area contributed by atoms with Crippen molar-refractivity contribution in [3.05, 3.63) is 83.9 Å². The molecule has 2 unspecified atom stereocenters. The van der Waals surface area contributed by atoms with Crippen molar-refractivity contribution in [2.24, 2.45) is 0 Å². The second-order valence-corrected chi connectivity index (χ2v) is 7.87. The average Bonchev–Trinajstić information content (AvgIpc) is 3.32. The zero-order chi connectivity index (χ0) is 21.5. The molecule has 0 spiro atoms. The fourth-order valence-corrected chi connectivity index (χ4v) is 4.39. The molecule has 156 valence electrons. The Hall–Kier alpha value is -2.87. The summed E-state index contributed by atoms with van der Waals surface area (Å²) in [6.45, 7) is 4.08. The van der Waals surface area contributed by atoms with E-state index in [1.54, 1.807) is 23.0 Å². The van der Waals surface area contributed by atoms with E-state index in [1.165, 1.54) is 12.1 Å². The van der Waals surface area contributed by atoms with Gasteiger partial charge in [-0.25, -0.2) is 0 Å². The van der Waals surface area contributed by atoms with Gasteiger partial charge in [-0.3, -0.25) is 4.98 Å². The van der Waals surface area contributed by atoms with E-state index in [0.717, 1.165) is 17.5 Å². The third-order valence-corrected chi connectivity index (χ3v) is 5.56. The second kappa shape index (κ2) is 7.75. The van der Waals surface area contributed by atoms with Gasteiger partial charge in [-0.2, -0.15) is 13.2 Å². The molecule has 1 aliphatic heterocycles. The Morgan fingerprint density at radius 2 is 1.87 bits per heavy atom. The summed E-state index contributed by atoms with van der Waals surface area (Å²) in [6, 6.07) is 14.4. The highest BCUT2D eigenvalue weighted by Crippen LogP contribution is 2.41. The van der Waals surface area contributed by atoms with Crippen molar-refractivity contribution in [2.45, 2.75) is 38.1 Å². The van der Waals surface area contributed by atoms with Crippen LogP contribution >= 0.6 is 12.2 Å². The van der Waals surface area contributed by atoms with E-state index < -0.39 is 11.7 Å². The van der Waals surface area contributed by atoms with Gasteiger partial charge in [0.25, 0.3) is 0 Å². The third kappa shape index (κ3) is 3.67. The molecule has 0 aliphatic carbocycles. The Morgan fingerprint density at radius 1 is 1.07 bits per heavy atom. The number of pyridine rings is 1. The Morgan fingerprint density at radius 3 is 2.53 bits per heavy atom. The van der Waals surface area contributed by atoms with E-state index in [9.17, 15) is 13.2 Å². The van der Waals surface area contributed by atoms with Crippen LogP contribution in [0.1, 0.15) is 42.9 Å². The predicted octanol–water partition coefficient (Wildman–Crippen LogP) is 5.27. The summed E-state index contributed by atoms with van der Waals surface area (Å²) in [4.78, 5) is 6.57. The van der Waals surface area contributed by atoms with Gasteiger partial charge >= 0.3 is 6.18 Å². The molecule has 1 fully saturated rings. The second-order valence-electron chi connectivity index (χ2n) is 7.48. The fourth-order valence-electron chi connectivity index (χ4n) is 3.94. The molecular weight excluding hydrogens is 409 g/mol. The minimum absolute atomic E-state index is 0.0913. The van der Waals surface area contributed by atoms with Crippen molar-refractivity contribution < 1.29 is 13.2 Å². The van der Waals surface area contributed by atoms with E-state index in [2.05, 4.69) is 15.2 Å². The molecule has 30 heavy (non-hydrogen) atoms. The maximum Gasteiger partial charge on any atom is 0.416 e. The maximum absolute atomic E-state index is 13.3. The van der Waals surface area contributed by atoms with Crippen LogP contribution in [0.2, 0.25) is 0 Å². The Balaban J connectivity index is 1.83. The van der Waals surface area contributed by atoms with Gasteiger partial charge in [0.1, 0.15) is 0 Å². The highest BCUT2D eigenvalue weighted by atomic mass is 32.1. The number of nitrogens with one attached hydrogen (secondary N) is 1. The van der Waals surface area contributed by atoms with Crippen LogP contribution in [-0.4, -0.2) is 25.6 Å². The van der Waals surface area contributed by atoms with Gasteiger partial charge in [0.15, 0.2) is 5.11 Å². The molecule has 0 radical (unpaired) electrons. The Labute approximate surface area is 178 Å².